The third-order valence-electron chi connectivity index (χ3n) is 4.23. The maximum atomic E-state index is 5.69. The molecule has 0 heterocycles. The fraction of sp³-hybridized carbons (Fsp3) is 0.647. The molecule has 2 rings (SSSR count). The van der Waals surface area contributed by atoms with Crippen molar-refractivity contribution in [1.82, 2.24) is 5.32 Å². The summed E-state index contributed by atoms with van der Waals surface area (Å²) in [5.41, 5.74) is 1.27. The minimum absolute atomic E-state index is 0.457. The summed E-state index contributed by atoms with van der Waals surface area (Å²) in [7, 11) is 0. The minimum atomic E-state index is 0.457. The van der Waals surface area contributed by atoms with Crippen LogP contribution in [0.25, 0.3) is 0 Å². The summed E-state index contributed by atoms with van der Waals surface area (Å²) >= 11 is 2.05. The van der Waals surface area contributed by atoms with Crippen molar-refractivity contribution in [2.24, 2.45) is 0 Å². The molecule has 1 N–H and O–H groups in total. The average molecular weight is 293 g/mol. The number of thioether (sulfide) groups is 1. The molecule has 3 heteroatoms. The van der Waals surface area contributed by atoms with Crippen molar-refractivity contribution in [3.63, 3.8) is 0 Å². The highest BCUT2D eigenvalue weighted by molar-refractivity contribution is 8.00. The van der Waals surface area contributed by atoms with Crippen LogP contribution in [0.4, 0.5) is 0 Å². The molecule has 1 aromatic carbocycles. The van der Waals surface area contributed by atoms with Crippen LogP contribution in [0, 0.1) is 0 Å². The number of hydrogen-bond acceptors (Lipinski definition) is 3. The molecule has 0 amide bonds. The van der Waals surface area contributed by atoms with Gasteiger partial charge in [0.15, 0.2) is 0 Å². The topological polar surface area (TPSA) is 21.3 Å². The Morgan fingerprint density at radius 1 is 1.20 bits per heavy atom. The van der Waals surface area contributed by atoms with Crippen LogP contribution in [-0.2, 0) is 6.54 Å². The molecule has 0 aromatic heterocycles. The van der Waals surface area contributed by atoms with E-state index in [0.29, 0.717) is 4.75 Å². The van der Waals surface area contributed by atoms with Crippen LogP contribution in [0.15, 0.2) is 24.3 Å². The van der Waals surface area contributed by atoms with Gasteiger partial charge in [-0.1, -0.05) is 37.5 Å². The number of hydrogen-bond donors (Lipinski definition) is 1. The second-order valence-electron chi connectivity index (χ2n) is 5.59. The van der Waals surface area contributed by atoms with Gasteiger partial charge in [-0.05, 0) is 32.1 Å². The molecule has 1 fully saturated rings. The number of benzene rings is 1. The van der Waals surface area contributed by atoms with E-state index in [1.807, 2.05) is 24.8 Å². The van der Waals surface area contributed by atoms with Crippen LogP contribution in [-0.4, -0.2) is 24.2 Å². The van der Waals surface area contributed by atoms with E-state index in [1.54, 1.807) is 0 Å². The van der Waals surface area contributed by atoms with Crippen molar-refractivity contribution >= 4 is 11.8 Å². The standard InChI is InChI=1S/C17H27NOS/c1-3-19-16-10-6-5-9-15(16)13-18-14-17(20-2)11-7-4-8-12-17/h5-6,9-10,18H,3-4,7-8,11-14H2,1-2H3. The van der Waals surface area contributed by atoms with Crippen molar-refractivity contribution in [3.8, 4) is 5.75 Å². The molecule has 0 atom stereocenters. The molecule has 20 heavy (non-hydrogen) atoms. The van der Waals surface area contributed by atoms with Crippen molar-refractivity contribution in [2.45, 2.75) is 50.3 Å². The fourth-order valence-corrected chi connectivity index (χ4v) is 3.96. The summed E-state index contributed by atoms with van der Waals surface area (Å²) in [6.45, 7) is 4.77. The molecule has 1 aromatic rings. The molecule has 0 aliphatic heterocycles. The summed E-state index contributed by atoms with van der Waals surface area (Å²) in [4.78, 5) is 0. The van der Waals surface area contributed by atoms with Gasteiger partial charge in [-0.25, -0.2) is 0 Å². The SMILES string of the molecule is CCOc1ccccc1CNCC1(SC)CCCCC1. The van der Waals surface area contributed by atoms with Gasteiger partial charge in [-0.2, -0.15) is 11.8 Å². The van der Waals surface area contributed by atoms with E-state index in [2.05, 4.69) is 29.8 Å². The third kappa shape index (κ3) is 4.16. The molecule has 0 bridgehead atoms. The summed E-state index contributed by atoms with van der Waals surface area (Å²) in [5.74, 6) is 1.02. The lowest BCUT2D eigenvalue weighted by Gasteiger charge is -2.36. The molecule has 112 valence electrons. The Kier molecular flexibility index (Phi) is 6.24. The lowest BCUT2D eigenvalue weighted by atomic mass is 9.88. The van der Waals surface area contributed by atoms with E-state index in [4.69, 9.17) is 4.74 Å². The smallest absolute Gasteiger partial charge is 0.123 e. The van der Waals surface area contributed by atoms with E-state index in [1.165, 1.54) is 37.7 Å². The van der Waals surface area contributed by atoms with Crippen molar-refractivity contribution in [2.75, 3.05) is 19.4 Å². The van der Waals surface area contributed by atoms with Gasteiger partial charge in [0.25, 0.3) is 0 Å². The van der Waals surface area contributed by atoms with E-state index < -0.39 is 0 Å². The Morgan fingerprint density at radius 2 is 1.95 bits per heavy atom. The summed E-state index contributed by atoms with van der Waals surface area (Å²) in [5, 5.41) is 3.66. The van der Waals surface area contributed by atoms with Gasteiger partial charge in [0.2, 0.25) is 0 Å². The van der Waals surface area contributed by atoms with Crippen LogP contribution in [0.3, 0.4) is 0 Å². The molecule has 1 aliphatic carbocycles. The highest BCUT2D eigenvalue weighted by Gasteiger charge is 2.30. The Balaban J connectivity index is 1.88. The molecule has 0 saturated heterocycles. The second kappa shape index (κ2) is 7.94. The van der Waals surface area contributed by atoms with E-state index in [0.717, 1.165) is 25.4 Å². The first kappa shape index (κ1) is 15.7. The second-order valence-corrected chi connectivity index (χ2v) is 6.87. The van der Waals surface area contributed by atoms with Gasteiger partial charge in [0, 0.05) is 23.4 Å². The van der Waals surface area contributed by atoms with Crippen LogP contribution in [0.2, 0.25) is 0 Å². The quantitative estimate of drug-likeness (QED) is 0.812. The van der Waals surface area contributed by atoms with Crippen LogP contribution in [0.1, 0.15) is 44.6 Å². The lowest BCUT2D eigenvalue weighted by Crippen LogP contribution is -2.39. The minimum Gasteiger partial charge on any atom is -0.494 e. The maximum Gasteiger partial charge on any atom is 0.123 e. The normalized spacial score (nSPS) is 17.9. The highest BCUT2D eigenvalue weighted by Crippen LogP contribution is 2.38. The Bertz CT molecular complexity index is 402. The molecule has 0 spiro atoms. The van der Waals surface area contributed by atoms with Gasteiger partial charge in [0.05, 0.1) is 6.61 Å². The first-order valence-electron chi connectivity index (χ1n) is 7.76. The number of para-hydroxylation sites is 1. The molecular weight excluding hydrogens is 266 g/mol. The predicted molar refractivity (Wildman–Crippen MR) is 88.6 cm³/mol. The first-order chi connectivity index (χ1) is 9.79. The van der Waals surface area contributed by atoms with Crippen LogP contribution < -0.4 is 10.1 Å². The monoisotopic (exact) mass is 293 g/mol. The van der Waals surface area contributed by atoms with E-state index in [9.17, 15) is 0 Å². The van der Waals surface area contributed by atoms with Crippen LogP contribution >= 0.6 is 11.8 Å². The zero-order chi connectivity index (χ0) is 14.3. The Labute approximate surface area is 127 Å². The van der Waals surface area contributed by atoms with Gasteiger partial charge >= 0.3 is 0 Å². The van der Waals surface area contributed by atoms with Crippen molar-refractivity contribution in [1.29, 1.82) is 0 Å². The van der Waals surface area contributed by atoms with Gasteiger partial charge in [-0.15, -0.1) is 0 Å². The predicted octanol–water partition coefficient (Wildman–Crippen LogP) is 4.24. The molecule has 2 nitrogen and oxygen atoms in total. The zero-order valence-electron chi connectivity index (χ0n) is 12.8. The van der Waals surface area contributed by atoms with Crippen molar-refractivity contribution in [3.05, 3.63) is 29.8 Å². The fourth-order valence-electron chi connectivity index (χ4n) is 3.02. The van der Waals surface area contributed by atoms with Crippen LogP contribution in [0.5, 0.6) is 5.75 Å². The number of nitrogens with one attached hydrogen (secondary N) is 1. The summed E-state index contributed by atoms with van der Waals surface area (Å²) in [6.07, 6.45) is 9.16. The largest absolute Gasteiger partial charge is 0.494 e. The third-order valence-corrected chi connectivity index (χ3v) is 5.65. The van der Waals surface area contributed by atoms with E-state index in [-0.39, 0.29) is 0 Å². The lowest BCUT2D eigenvalue weighted by molar-refractivity contribution is 0.333. The zero-order valence-corrected chi connectivity index (χ0v) is 13.6. The molecular formula is C17H27NOS. The molecule has 0 radical (unpaired) electrons. The summed E-state index contributed by atoms with van der Waals surface area (Å²) < 4.78 is 6.14. The Hall–Kier alpha value is -0.670. The summed E-state index contributed by atoms with van der Waals surface area (Å²) in [6, 6.07) is 8.35. The molecule has 1 aliphatic rings. The number of ether oxygens (including phenoxy) is 1. The molecule has 1 saturated carbocycles. The van der Waals surface area contributed by atoms with Gasteiger partial charge in [0.1, 0.15) is 5.75 Å². The average Bonchev–Trinajstić information content (AvgIpc) is 2.50. The maximum absolute atomic E-state index is 5.69. The number of rotatable bonds is 7. The molecule has 0 unspecified atom stereocenters. The van der Waals surface area contributed by atoms with Gasteiger partial charge < -0.3 is 10.1 Å². The highest BCUT2D eigenvalue weighted by atomic mass is 32.2. The van der Waals surface area contributed by atoms with E-state index >= 15 is 0 Å². The first-order valence-corrected chi connectivity index (χ1v) is 8.99. The Morgan fingerprint density at radius 3 is 2.65 bits per heavy atom. The van der Waals surface area contributed by atoms with Crippen molar-refractivity contribution < 1.29 is 4.74 Å². The van der Waals surface area contributed by atoms with Gasteiger partial charge in [-0.3, -0.25) is 0 Å².